The maximum Gasteiger partial charge on any atom is 0.335 e. The highest BCUT2D eigenvalue weighted by molar-refractivity contribution is 7.89. The molecular weight excluding hydrogens is 292 g/mol. The number of nitrogens with zero attached hydrogens (tertiary/aromatic N) is 1. The predicted molar refractivity (Wildman–Crippen MR) is 79.7 cm³/mol. The molecule has 1 fully saturated rings. The number of anilines is 1. The molecule has 0 amide bonds. The van der Waals surface area contributed by atoms with Gasteiger partial charge in [0, 0.05) is 13.1 Å². The van der Waals surface area contributed by atoms with Gasteiger partial charge in [0.1, 0.15) is 4.90 Å². The van der Waals surface area contributed by atoms with Crippen LogP contribution < -0.4 is 5.73 Å². The van der Waals surface area contributed by atoms with E-state index < -0.39 is 16.0 Å². The van der Waals surface area contributed by atoms with Crippen LogP contribution in [0.15, 0.2) is 23.1 Å². The highest BCUT2D eigenvalue weighted by Gasteiger charge is 2.27. The maximum atomic E-state index is 12.7. The molecule has 7 heteroatoms. The summed E-state index contributed by atoms with van der Waals surface area (Å²) in [6, 6.07) is 3.75. The zero-order valence-corrected chi connectivity index (χ0v) is 12.6. The Morgan fingerprint density at radius 1 is 1.10 bits per heavy atom. The first-order valence-electron chi connectivity index (χ1n) is 7.06. The Hall–Kier alpha value is -1.60. The van der Waals surface area contributed by atoms with Crippen molar-refractivity contribution in [1.82, 2.24) is 4.31 Å². The van der Waals surface area contributed by atoms with Gasteiger partial charge in [-0.05, 0) is 31.0 Å². The monoisotopic (exact) mass is 312 g/mol. The van der Waals surface area contributed by atoms with Gasteiger partial charge >= 0.3 is 5.97 Å². The first-order chi connectivity index (χ1) is 9.93. The zero-order valence-electron chi connectivity index (χ0n) is 11.8. The van der Waals surface area contributed by atoms with Crippen LogP contribution in [-0.4, -0.2) is 36.9 Å². The zero-order chi connectivity index (χ0) is 15.5. The molecule has 0 aromatic heterocycles. The van der Waals surface area contributed by atoms with Crippen LogP contribution in [0.1, 0.15) is 42.5 Å². The van der Waals surface area contributed by atoms with Crippen molar-refractivity contribution in [2.45, 2.75) is 37.0 Å². The Labute approximate surface area is 124 Å². The van der Waals surface area contributed by atoms with Crippen LogP contribution in [0.4, 0.5) is 5.69 Å². The fraction of sp³-hybridized carbons (Fsp3) is 0.500. The van der Waals surface area contributed by atoms with Gasteiger partial charge in [-0.3, -0.25) is 0 Å². The molecule has 2 rings (SSSR count). The molecule has 3 N–H and O–H groups in total. The van der Waals surface area contributed by atoms with Crippen LogP contribution in [0, 0.1) is 0 Å². The number of carboxylic acid groups (broad SMARTS) is 1. The van der Waals surface area contributed by atoms with Crippen molar-refractivity contribution in [3.8, 4) is 0 Å². The summed E-state index contributed by atoms with van der Waals surface area (Å²) < 4.78 is 26.8. The van der Waals surface area contributed by atoms with E-state index >= 15 is 0 Å². The average molecular weight is 312 g/mol. The van der Waals surface area contributed by atoms with E-state index in [2.05, 4.69) is 0 Å². The van der Waals surface area contributed by atoms with E-state index in [-0.39, 0.29) is 16.1 Å². The van der Waals surface area contributed by atoms with Crippen molar-refractivity contribution >= 4 is 21.7 Å². The van der Waals surface area contributed by atoms with Gasteiger partial charge in [-0.2, -0.15) is 4.31 Å². The fourth-order valence-electron chi connectivity index (χ4n) is 2.51. The maximum absolute atomic E-state index is 12.7. The van der Waals surface area contributed by atoms with Crippen LogP contribution in [0.5, 0.6) is 0 Å². The number of sulfonamides is 1. The summed E-state index contributed by atoms with van der Waals surface area (Å²) >= 11 is 0. The summed E-state index contributed by atoms with van der Waals surface area (Å²) in [5.74, 6) is -1.13. The van der Waals surface area contributed by atoms with E-state index in [1.54, 1.807) is 0 Å². The van der Waals surface area contributed by atoms with Gasteiger partial charge in [0.25, 0.3) is 0 Å². The number of hydrogen-bond donors (Lipinski definition) is 2. The third-order valence-corrected chi connectivity index (χ3v) is 5.66. The quantitative estimate of drug-likeness (QED) is 0.830. The fourth-order valence-corrected chi connectivity index (χ4v) is 4.13. The van der Waals surface area contributed by atoms with Crippen LogP contribution in [0.3, 0.4) is 0 Å². The average Bonchev–Trinajstić information content (AvgIpc) is 2.37. The third kappa shape index (κ3) is 3.54. The Bertz CT molecular complexity index is 620. The molecular formula is C14H20N2O4S. The van der Waals surface area contributed by atoms with Crippen molar-refractivity contribution in [2.24, 2.45) is 0 Å². The number of benzene rings is 1. The number of carboxylic acids is 1. The minimum atomic E-state index is -3.66. The van der Waals surface area contributed by atoms with Crippen LogP contribution in [0.25, 0.3) is 0 Å². The van der Waals surface area contributed by atoms with Crippen molar-refractivity contribution in [1.29, 1.82) is 0 Å². The second kappa shape index (κ2) is 6.44. The second-order valence-corrected chi connectivity index (χ2v) is 7.14. The van der Waals surface area contributed by atoms with Gasteiger partial charge in [0.15, 0.2) is 0 Å². The lowest BCUT2D eigenvalue weighted by Crippen LogP contribution is -2.34. The van der Waals surface area contributed by atoms with Gasteiger partial charge in [-0.15, -0.1) is 0 Å². The molecule has 1 aliphatic rings. The number of nitrogens with two attached hydrogens (primary N) is 1. The summed E-state index contributed by atoms with van der Waals surface area (Å²) in [5.41, 5.74) is 5.72. The van der Waals surface area contributed by atoms with E-state index in [1.165, 1.54) is 22.5 Å². The number of rotatable bonds is 3. The largest absolute Gasteiger partial charge is 0.478 e. The lowest BCUT2D eigenvalue weighted by molar-refractivity contribution is 0.0697. The van der Waals surface area contributed by atoms with Gasteiger partial charge in [-0.1, -0.05) is 19.3 Å². The molecule has 0 unspecified atom stereocenters. The highest BCUT2D eigenvalue weighted by atomic mass is 32.2. The third-order valence-electron chi connectivity index (χ3n) is 3.69. The molecule has 1 heterocycles. The van der Waals surface area contributed by atoms with Crippen LogP contribution >= 0.6 is 0 Å². The minimum absolute atomic E-state index is 0.00641. The number of hydrogen-bond acceptors (Lipinski definition) is 4. The van der Waals surface area contributed by atoms with Gasteiger partial charge in [0.2, 0.25) is 10.0 Å². The van der Waals surface area contributed by atoms with Crippen LogP contribution in [-0.2, 0) is 10.0 Å². The molecule has 1 saturated heterocycles. The molecule has 116 valence electrons. The number of nitrogen functional groups attached to an aromatic ring is 1. The first-order valence-corrected chi connectivity index (χ1v) is 8.50. The Kier molecular flexibility index (Phi) is 4.84. The van der Waals surface area contributed by atoms with Crippen molar-refractivity contribution in [3.63, 3.8) is 0 Å². The summed E-state index contributed by atoms with van der Waals surface area (Å²) in [5, 5.41) is 8.90. The van der Waals surface area contributed by atoms with Gasteiger partial charge in [-0.25, -0.2) is 13.2 Å². The lowest BCUT2D eigenvalue weighted by Gasteiger charge is -2.24. The molecule has 1 aliphatic heterocycles. The van der Waals surface area contributed by atoms with Gasteiger partial charge < -0.3 is 10.8 Å². The lowest BCUT2D eigenvalue weighted by atomic mass is 10.1. The van der Waals surface area contributed by atoms with Crippen LogP contribution in [0.2, 0.25) is 0 Å². The molecule has 0 radical (unpaired) electrons. The Morgan fingerprint density at radius 3 is 2.19 bits per heavy atom. The topological polar surface area (TPSA) is 101 Å². The molecule has 0 spiro atoms. The first kappa shape index (κ1) is 15.8. The second-order valence-electron chi connectivity index (χ2n) is 5.23. The SMILES string of the molecule is Nc1cc(C(=O)O)ccc1S(=O)(=O)N1CCCCCCC1. The molecule has 0 atom stereocenters. The predicted octanol–water partition coefficient (Wildman–Crippen LogP) is 1.92. The molecule has 1 aromatic rings. The van der Waals surface area contributed by atoms with E-state index in [0.717, 1.165) is 32.1 Å². The standard InChI is InChI=1S/C14H20N2O4S/c15-12-10-11(14(17)18)6-7-13(12)21(19,20)16-8-4-2-1-3-5-9-16/h6-7,10H,1-5,8-9,15H2,(H,17,18). The summed E-state index contributed by atoms with van der Waals surface area (Å²) in [7, 11) is -3.66. The Morgan fingerprint density at radius 2 is 1.67 bits per heavy atom. The summed E-state index contributed by atoms with van der Waals surface area (Å²) in [6.45, 7) is 0.977. The highest BCUT2D eigenvalue weighted by Crippen LogP contribution is 2.25. The molecule has 21 heavy (non-hydrogen) atoms. The molecule has 0 saturated carbocycles. The number of aromatic carboxylic acids is 1. The van der Waals surface area contributed by atoms with E-state index in [9.17, 15) is 13.2 Å². The normalized spacial score (nSPS) is 17.9. The summed E-state index contributed by atoms with van der Waals surface area (Å²) in [4.78, 5) is 10.9. The van der Waals surface area contributed by atoms with Crippen molar-refractivity contribution < 1.29 is 18.3 Å². The smallest absolute Gasteiger partial charge is 0.335 e. The molecule has 0 aliphatic carbocycles. The van der Waals surface area contributed by atoms with Crippen molar-refractivity contribution in [2.75, 3.05) is 18.8 Å². The van der Waals surface area contributed by atoms with E-state index in [4.69, 9.17) is 10.8 Å². The van der Waals surface area contributed by atoms with E-state index in [1.807, 2.05) is 0 Å². The Balaban J connectivity index is 2.31. The molecule has 1 aromatic carbocycles. The van der Waals surface area contributed by atoms with Gasteiger partial charge in [0.05, 0.1) is 11.3 Å². The van der Waals surface area contributed by atoms with Crippen molar-refractivity contribution in [3.05, 3.63) is 23.8 Å². The van der Waals surface area contributed by atoms with E-state index in [0.29, 0.717) is 13.1 Å². The minimum Gasteiger partial charge on any atom is -0.478 e. The summed E-state index contributed by atoms with van der Waals surface area (Å²) in [6.07, 6.45) is 4.88. The molecule has 0 bridgehead atoms. The number of carbonyl (C=O) groups is 1. The molecule has 6 nitrogen and oxygen atoms in total.